The Morgan fingerprint density at radius 2 is 1.85 bits per heavy atom. The molecule has 0 saturated heterocycles. The zero-order valence-electron chi connectivity index (χ0n) is 19.1. The second-order valence-electron chi connectivity index (χ2n) is 8.06. The number of furan rings is 1. The van der Waals surface area contributed by atoms with Gasteiger partial charge in [-0.3, -0.25) is 4.79 Å². The second kappa shape index (κ2) is 8.33. The van der Waals surface area contributed by atoms with Gasteiger partial charge in [0.05, 0.1) is 23.6 Å². The molecule has 0 unspecified atom stereocenters. The lowest BCUT2D eigenvalue weighted by atomic mass is 9.98. The summed E-state index contributed by atoms with van der Waals surface area (Å²) >= 11 is 0. The van der Waals surface area contributed by atoms with E-state index in [4.69, 9.17) is 9.15 Å². The van der Waals surface area contributed by atoms with Crippen LogP contribution in [-0.2, 0) is 4.74 Å². The van der Waals surface area contributed by atoms with Crippen LogP contribution in [0.3, 0.4) is 0 Å². The van der Waals surface area contributed by atoms with Gasteiger partial charge in [0.25, 0.3) is 5.56 Å². The number of halogens is 1. The highest BCUT2D eigenvalue weighted by Gasteiger charge is 2.20. The van der Waals surface area contributed by atoms with E-state index in [1.54, 1.807) is 24.3 Å². The molecule has 3 aromatic carbocycles. The van der Waals surface area contributed by atoms with Crippen molar-refractivity contribution in [2.45, 2.75) is 13.8 Å². The van der Waals surface area contributed by atoms with Crippen molar-refractivity contribution in [1.29, 1.82) is 0 Å². The first-order valence-corrected chi connectivity index (χ1v) is 11.1. The molecule has 0 amide bonds. The van der Waals surface area contributed by atoms with E-state index in [1.807, 2.05) is 18.2 Å². The number of hydrogen-bond acceptors (Lipinski definition) is 5. The zero-order valence-corrected chi connectivity index (χ0v) is 19.1. The second-order valence-corrected chi connectivity index (χ2v) is 8.06. The van der Waals surface area contributed by atoms with Crippen molar-refractivity contribution in [3.05, 3.63) is 76.3 Å². The molecule has 0 spiro atoms. The van der Waals surface area contributed by atoms with Crippen LogP contribution in [0, 0.1) is 5.82 Å². The monoisotopic (exact) mass is 458 g/mol. The minimum absolute atomic E-state index is 0.350. The van der Waals surface area contributed by atoms with Crippen LogP contribution in [-0.4, -0.2) is 31.2 Å². The maximum absolute atomic E-state index is 13.8. The lowest BCUT2D eigenvalue weighted by Gasteiger charge is -2.24. The Labute approximate surface area is 194 Å². The van der Waals surface area contributed by atoms with Gasteiger partial charge in [-0.2, -0.15) is 0 Å². The summed E-state index contributed by atoms with van der Waals surface area (Å²) in [7, 11) is 1.35. The molecule has 0 saturated carbocycles. The number of aromatic amines is 1. The third-order valence-electron chi connectivity index (χ3n) is 6.21. The Morgan fingerprint density at radius 1 is 1.06 bits per heavy atom. The Balaban J connectivity index is 1.86. The number of ether oxygens (including phenoxy) is 1. The number of pyridine rings is 1. The number of H-pyrrole nitrogens is 1. The van der Waals surface area contributed by atoms with E-state index in [0.717, 1.165) is 29.9 Å². The molecule has 6 nitrogen and oxygen atoms in total. The summed E-state index contributed by atoms with van der Waals surface area (Å²) in [6, 6.07) is 15.3. The molecule has 172 valence electrons. The highest BCUT2D eigenvalue weighted by molar-refractivity contribution is 6.15. The summed E-state index contributed by atoms with van der Waals surface area (Å²) in [6.07, 6.45) is 0. The molecule has 5 aromatic rings. The van der Waals surface area contributed by atoms with Crippen LogP contribution in [0.1, 0.15) is 24.2 Å². The average molecular weight is 458 g/mol. The van der Waals surface area contributed by atoms with Crippen molar-refractivity contribution in [3.8, 4) is 11.1 Å². The minimum Gasteiger partial charge on any atom is -0.465 e. The van der Waals surface area contributed by atoms with Crippen LogP contribution in [0.25, 0.3) is 44.0 Å². The van der Waals surface area contributed by atoms with Crippen LogP contribution in [0.5, 0.6) is 0 Å². The van der Waals surface area contributed by atoms with E-state index >= 15 is 0 Å². The lowest BCUT2D eigenvalue weighted by Crippen LogP contribution is -2.22. The van der Waals surface area contributed by atoms with Crippen LogP contribution in [0.15, 0.2) is 63.8 Å². The molecular weight excluding hydrogens is 435 g/mol. The number of benzene rings is 3. The Hall–Kier alpha value is -4.13. The van der Waals surface area contributed by atoms with Crippen LogP contribution in [0.2, 0.25) is 0 Å². The van der Waals surface area contributed by atoms with Gasteiger partial charge in [0.1, 0.15) is 17.0 Å². The van der Waals surface area contributed by atoms with Gasteiger partial charge in [-0.05, 0) is 55.8 Å². The van der Waals surface area contributed by atoms with Gasteiger partial charge in [0, 0.05) is 41.2 Å². The number of esters is 1. The number of carbonyl (C=O) groups excluding carboxylic acids is 1. The normalized spacial score (nSPS) is 11.4. The van der Waals surface area contributed by atoms with Crippen LogP contribution in [0.4, 0.5) is 10.1 Å². The van der Waals surface area contributed by atoms with Crippen molar-refractivity contribution in [3.63, 3.8) is 0 Å². The number of methoxy groups -OCH3 is 1. The molecule has 1 N–H and O–H groups in total. The third kappa shape index (κ3) is 3.41. The number of nitrogens with zero attached hydrogens (tertiary/aromatic N) is 1. The molecule has 2 heterocycles. The number of anilines is 1. The predicted molar refractivity (Wildman–Crippen MR) is 132 cm³/mol. The topological polar surface area (TPSA) is 75.5 Å². The molecule has 2 aromatic heterocycles. The van der Waals surface area contributed by atoms with Crippen LogP contribution >= 0.6 is 0 Å². The van der Waals surface area contributed by atoms with E-state index in [0.29, 0.717) is 38.4 Å². The first kappa shape index (κ1) is 21.7. The quantitative estimate of drug-likeness (QED) is 0.334. The summed E-state index contributed by atoms with van der Waals surface area (Å²) in [4.78, 5) is 30.1. The van der Waals surface area contributed by atoms with Gasteiger partial charge >= 0.3 is 5.97 Å². The van der Waals surface area contributed by atoms with Crippen LogP contribution < -0.4 is 10.5 Å². The molecule has 0 radical (unpaired) electrons. The molecule has 5 rings (SSSR count). The molecule has 0 aliphatic heterocycles. The Kier molecular flexibility index (Phi) is 5.32. The Morgan fingerprint density at radius 3 is 2.59 bits per heavy atom. The van der Waals surface area contributed by atoms with Gasteiger partial charge in [-0.1, -0.05) is 12.1 Å². The maximum Gasteiger partial charge on any atom is 0.337 e. The summed E-state index contributed by atoms with van der Waals surface area (Å²) in [5.74, 6) is -0.855. The van der Waals surface area contributed by atoms with E-state index in [2.05, 4.69) is 23.7 Å². The van der Waals surface area contributed by atoms with Crippen molar-refractivity contribution >= 4 is 44.5 Å². The van der Waals surface area contributed by atoms with E-state index in [9.17, 15) is 14.0 Å². The third-order valence-corrected chi connectivity index (χ3v) is 6.21. The molecule has 7 heteroatoms. The van der Waals surface area contributed by atoms with Gasteiger partial charge < -0.3 is 19.0 Å². The minimum atomic E-state index is -0.435. The van der Waals surface area contributed by atoms with E-state index < -0.39 is 11.8 Å². The molecule has 0 fully saturated rings. The largest absolute Gasteiger partial charge is 0.465 e. The van der Waals surface area contributed by atoms with Crippen molar-refractivity contribution in [2.75, 3.05) is 25.1 Å². The molecule has 0 aliphatic carbocycles. The summed E-state index contributed by atoms with van der Waals surface area (Å²) in [6.45, 7) is 5.64. The van der Waals surface area contributed by atoms with E-state index in [-0.39, 0.29) is 5.56 Å². The summed E-state index contributed by atoms with van der Waals surface area (Å²) in [5.41, 5.74) is 4.05. The van der Waals surface area contributed by atoms with Crippen molar-refractivity contribution < 1.29 is 18.3 Å². The van der Waals surface area contributed by atoms with Gasteiger partial charge in [-0.15, -0.1) is 0 Å². The summed E-state index contributed by atoms with van der Waals surface area (Å²) < 4.78 is 24.8. The highest BCUT2D eigenvalue weighted by atomic mass is 19.1. The fraction of sp³-hybridized carbons (Fsp3) is 0.185. The fourth-order valence-electron chi connectivity index (χ4n) is 4.54. The molecule has 0 aliphatic rings. The number of fused-ring (bicyclic) bond motifs is 5. The highest BCUT2D eigenvalue weighted by Crippen LogP contribution is 2.39. The average Bonchev–Trinajstić information content (AvgIpc) is 3.23. The van der Waals surface area contributed by atoms with E-state index in [1.165, 1.54) is 19.2 Å². The molecule has 0 bridgehead atoms. The standard InChI is InChI=1S/C27H23FN2O4/c1-4-30(5-2)22-14-23-20(13-19(22)15-7-6-8-16(11-15)27(32)33-3)24-25(34-23)18-10-9-17(28)12-21(18)29-26(24)31/h6-14H,4-5H2,1-3H3,(H,29,31). The molecule has 0 atom stereocenters. The van der Waals surface area contributed by atoms with Gasteiger partial charge in [-0.25, -0.2) is 9.18 Å². The first-order valence-electron chi connectivity index (χ1n) is 11.1. The van der Waals surface area contributed by atoms with Crippen molar-refractivity contribution in [1.82, 2.24) is 4.98 Å². The van der Waals surface area contributed by atoms with Gasteiger partial charge in [0.2, 0.25) is 0 Å². The zero-order chi connectivity index (χ0) is 24.0. The molecule has 34 heavy (non-hydrogen) atoms. The molecular formula is C27H23FN2O4. The number of carbonyl (C=O) groups is 1. The number of rotatable bonds is 5. The predicted octanol–water partition coefficient (Wildman–Crippen LogP) is 5.87. The lowest BCUT2D eigenvalue weighted by molar-refractivity contribution is 0.0601. The number of aromatic nitrogens is 1. The van der Waals surface area contributed by atoms with Crippen molar-refractivity contribution in [2.24, 2.45) is 0 Å². The van der Waals surface area contributed by atoms with Gasteiger partial charge in [0.15, 0.2) is 0 Å². The fourth-order valence-corrected chi connectivity index (χ4v) is 4.54. The first-order chi connectivity index (χ1) is 16.4. The summed E-state index contributed by atoms with van der Waals surface area (Å²) in [5, 5.41) is 1.69. The SMILES string of the molecule is CCN(CC)c1cc2oc3c4ccc(F)cc4[nH]c(=O)c3c2cc1-c1cccc(C(=O)OC)c1. The number of hydrogen-bond donors (Lipinski definition) is 1. The maximum atomic E-state index is 13.8. The number of nitrogens with one attached hydrogen (secondary N) is 1. The Bertz CT molecular complexity index is 1630. The smallest absolute Gasteiger partial charge is 0.337 e.